The maximum absolute atomic E-state index is 6.32. The Morgan fingerprint density at radius 3 is 2.53 bits per heavy atom. The number of hydrogen-bond donors (Lipinski definition) is 0. The highest BCUT2D eigenvalue weighted by molar-refractivity contribution is 9.10. The zero-order valence-electron chi connectivity index (χ0n) is 7.99. The van der Waals surface area contributed by atoms with Crippen molar-refractivity contribution in [3.63, 3.8) is 0 Å². The van der Waals surface area contributed by atoms with Gasteiger partial charge in [0.05, 0.1) is 5.38 Å². The van der Waals surface area contributed by atoms with Gasteiger partial charge >= 0.3 is 0 Å². The number of halogens is 2. The van der Waals surface area contributed by atoms with Crippen LogP contribution < -0.4 is 0 Å². The fourth-order valence-corrected chi connectivity index (χ4v) is 2.77. The summed E-state index contributed by atoms with van der Waals surface area (Å²) in [6.07, 6.45) is 0.881. The van der Waals surface area contributed by atoms with Crippen LogP contribution in [0.5, 0.6) is 0 Å². The van der Waals surface area contributed by atoms with Crippen molar-refractivity contribution in [1.29, 1.82) is 0 Å². The summed E-state index contributed by atoms with van der Waals surface area (Å²) < 4.78 is 1.10. The lowest BCUT2D eigenvalue weighted by Crippen LogP contribution is -1.93. The van der Waals surface area contributed by atoms with Gasteiger partial charge in [0, 0.05) is 4.47 Å². The van der Waals surface area contributed by atoms with Gasteiger partial charge in [0.2, 0.25) is 0 Å². The van der Waals surface area contributed by atoms with E-state index in [1.165, 1.54) is 11.1 Å². The maximum atomic E-state index is 6.32. The smallest absolute Gasteiger partial charge is 0.0633 e. The third kappa shape index (κ3) is 3.07. The van der Waals surface area contributed by atoms with Crippen LogP contribution in [0.1, 0.15) is 16.5 Å². The highest BCUT2D eigenvalue weighted by Gasteiger charge is 2.08. The maximum Gasteiger partial charge on any atom is 0.0633 e. The fourth-order valence-electron chi connectivity index (χ4n) is 1.40. The molecular formula is C12H10BrClS. The highest BCUT2D eigenvalue weighted by atomic mass is 79.9. The normalized spacial score (nSPS) is 12.7. The van der Waals surface area contributed by atoms with Crippen molar-refractivity contribution in [2.24, 2.45) is 0 Å². The van der Waals surface area contributed by atoms with Gasteiger partial charge in [-0.15, -0.1) is 11.6 Å². The first-order chi connectivity index (χ1) is 7.25. The Morgan fingerprint density at radius 1 is 1.20 bits per heavy atom. The summed E-state index contributed by atoms with van der Waals surface area (Å²) in [5.41, 5.74) is 2.48. The van der Waals surface area contributed by atoms with E-state index in [1.807, 2.05) is 12.1 Å². The Bertz CT molecular complexity index is 408. The molecule has 1 aromatic carbocycles. The number of benzene rings is 1. The molecule has 0 spiro atoms. The van der Waals surface area contributed by atoms with Crippen LogP contribution in [-0.2, 0) is 6.42 Å². The minimum absolute atomic E-state index is 0.0809. The van der Waals surface area contributed by atoms with Gasteiger partial charge in [-0.25, -0.2) is 0 Å². The third-order valence-corrected chi connectivity index (χ3v) is 3.87. The molecule has 2 rings (SSSR count). The summed E-state index contributed by atoms with van der Waals surface area (Å²) in [7, 11) is 0. The van der Waals surface area contributed by atoms with E-state index in [1.54, 1.807) is 11.3 Å². The molecule has 0 fully saturated rings. The average Bonchev–Trinajstić information content (AvgIpc) is 2.74. The summed E-state index contributed by atoms with van der Waals surface area (Å²) in [6, 6.07) is 10.4. The predicted octanol–water partition coefficient (Wildman–Crippen LogP) is 5.03. The van der Waals surface area contributed by atoms with Crippen molar-refractivity contribution in [3.8, 4) is 0 Å². The zero-order valence-corrected chi connectivity index (χ0v) is 11.1. The molecule has 1 atom stereocenters. The molecule has 0 aliphatic rings. The summed E-state index contributed by atoms with van der Waals surface area (Å²) in [6.45, 7) is 0. The van der Waals surface area contributed by atoms with Crippen LogP contribution in [0.3, 0.4) is 0 Å². The molecule has 3 heteroatoms. The van der Waals surface area contributed by atoms with Crippen LogP contribution in [0.25, 0.3) is 0 Å². The predicted molar refractivity (Wildman–Crippen MR) is 70.8 cm³/mol. The molecule has 0 bridgehead atoms. The summed E-state index contributed by atoms with van der Waals surface area (Å²) >= 11 is 11.4. The van der Waals surface area contributed by atoms with Crippen molar-refractivity contribution in [3.05, 3.63) is 56.7 Å². The Balaban J connectivity index is 2.06. The number of hydrogen-bond acceptors (Lipinski definition) is 1. The van der Waals surface area contributed by atoms with Gasteiger partial charge in [0.15, 0.2) is 0 Å². The SMILES string of the molecule is ClC(Cc1ccc(Br)cc1)c1ccsc1. The van der Waals surface area contributed by atoms with Gasteiger partial charge in [-0.3, -0.25) is 0 Å². The van der Waals surface area contributed by atoms with E-state index in [4.69, 9.17) is 11.6 Å². The van der Waals surface area contributed by atoms with Crippen LogP contribution >= 0.6 is 38.9 Å². The van der Waals surface area contributed by atoms with Gasteiger partial charge in [-0.05, 0) is 46.5 Å². The molecule has 0 nitrogen and oxygen atoms in total. The lowest BCUT2D eigenvalue weighted by Gasteiger charge is -2.07. The first kappa shape index (κ1) is 11.2. The Morgan fingerprint density at radius 2 is 1.93 bits per heavy atom. The van der Waals surface area contributed by atoms with Crippen molar-refractivity contribution in [2.45, 2.75) is 11.8 Å². The summed E-state index contributed by atoms with van der Waals surface area (Å²) in [4.78, 5) is 0. The van der Waals surface area contributed by atoms with Crippen LogP contribution in [0.2, 0.25) is 0 Å². The second-order valence-electron chi connectivity index (χ2n) is 3.35. The van der Waals surface area contributed by atoms with E-state index >= 15 is 0 Å². The Hall–Kier alpha value is -0.310. The molecule has 0 saturated heterocycles. The minimum atomic E-state index is 0.0809. The van der Waals surface area contributed by atoms with E-state index < -0.39 is 0 Å². The number of thiophene rings is 1. The van der Waals surface area contributed by atoms with Gasteiger partial charge < -0.3 is 0 Å². The van der Waals surface area contributed by atoms with Gasteiger partial charge in [-0.2, -0.15) is 11.3 Å². The first-order valence-electron chi connectivity index (χ1n) is 4.66. The standard InChI is InChI=1S/C12H10BrClS/c13-11-3-1-9(2-4-11)7-12(14)10-5-6-15-8-10/h1-6,8,12H,7H2. The monoisotopic (exact) mass is 300 g/mol. The zero-order chi connectivity index (χ0) is 10.7. The third-order valence-electron chi connectivity index (χ3n) is 2.23. The molecular weight excluding hydrogens is 292 g/mol. The van der Waals surface area contributed by atoms with Crippen molar-refractivity contribution >= 4 is 38.9 Å². The van der Waals surface area contributed by atoms with Crippen molar-refractivity contribution < 1.29 is 0 Å². The number of alkyl halides is 1. The molecule has 15 heavy (non-hydrogen) atoms. The lowest BCUT2D eigenvalue weighted by atomic mass is 10.1. The van der Waals surface area contributed by atoms with E-state index in [9.17, 15) is 0 Å². The van der Waals surface area contributed by atoms with Gasteiger partial charge in [0.25, 0.3) is 0 Å². The van der Waals surface area contributed by atoms with Crippen LogP contribution in [0, 0.1) is 0 Å². The Labute approximate surface area is 107 Å². The summed E-state index contributed by atoms with van der Waals surface area (Å²) in [5, 5.41) is 4.25. The van der Waals surface area contributed by atoms with Crippen molar-refractivity contribution in [1.82, 2.24) is 0 Å². The molecule has 0 amide bonds. The molecule has 78 valence electrons. The molecule has 0 N–H and O–H groups in total. The quantitative estimate of drug-likeness (QED) is 0.697. The van der Waals surface area contributed by atoms with E-state index in [0.717, 1.165) is 10.9 Å². The fraction of sp³-hybridized carbons (Fsp3) is 0.167. The summed E-state index contributed by atoms with van der Waals surface area (Å²) in [5.74, 6) is 0. The van der Waals surface area contributed by atoms with Crippen LogP contribution in [0.4, 0.5) is 0 Å². The second-order valence-corrected chi connectivity index (χ2v) is 5.58. The lowest BCUT2D eigenvalue weighted by molar-refractivity contribution is 0.925. The average molecular weight is 302 g/mol. The molecule has 1 aromatic heterocycles. The Kier molecular flexibility index (Phi) is 3.84. The number of rotatable bonds is 3. The molecule has 0 aliphatic carbocycles. The minimum Gasteiger partial charge on any atom is -0.152 e. The molecule has 1 unspecified atom stereocenters. The van der Waals surface area contributed by atoms with Gasteiger partial charge in [-0.1, -0.05) is 28.1 Å². The molecule has 0 radical (unpaired) electrons. The largest absolute Gasteiger partial charge is 0.152 e. The van der Waals surface area contributed by atoms with E-state index in [0.29, 0.717) is 0 Å². The van der Waals surface area contributed by atoms with E-state index in [2.05, 4.69) is 44.9 Å². The molecule has 0 saturated carbocycles. The van der Waals surface area contributed by atoms with Crippen LogP contribution in [0.15, 0.2) is 45.6 Å². The topological polar surface area (TPSA) is 0 Å². The molecule has 2 aromatic rings. The molecule has 1 heterocycles. The molecule has 0 aliphatic heterocycles. The second kappa shape index (κ2) is 5.15. The van der Waals surface area contributed by atoms with Gasteiger partial charge in [0.1, 0.15) is 0 Å². The van der Waals surface area contributed by atoms with Crippen molar-refractivity contribution in [2.75, 3.05) is 0 Å². The highest BCUT2D eigenvalue weighted by Crippen LogP contribution is 2.27. The van der Waals surface area contributed by atoms with Crippen LogP contribution in [-0.4, -0.2) is 0 Å². The first-order valence-corrected chi connectivity index (χ1v) is 6.83. The van der Waals surface area contributed by atoms with E-state index in [-0.39, 0.29) is 5.38 Å².